The molecule has 2 rings (SSSR count). The highest BCUT2D eigenvalue weighted by atomic mass is 16.5. The van der Waals surface area contributed by atoms with Crippen molar-refractivity contribution < 1.29 is 9.53 Å². The van der Waals surface area contributed by atoms with E-state index in [4.69, 9.17) is 4.74 Å². The van der Waals surface area contributed by atoms with Crippen molar-refractivity contribution in [1.82, 2.24) is 10.6 Å². The maximum Gasteiger partial charge on any atom is 0.250 e. The average molecular weight is 262 g/mol. The highest BCUT2D eigenvalue weighted by molar-refractivity contribution is 5.81. The second-order valence-corrected chi connectivity index (χ2v) is 4.85. The lowest BCUT2D eigenvalue weighted by Gasteiger charge is -2.22. The number of rotatable bonds is 5. The molecule has 4 nitrogen and oxygen atoms in total. The molecule has 0 aliphatic carbocycles. The van der Waals surface area contributed by atoms with E-state index in [-0.39, 0.29) is 12.0 Å². The van der Waals surface area contributed by atoms with Gasteiger partial charge in [0.25, 0.3) is 5.91 Å². The first-order valence-corrected chi connectivity index (χ1v) is 6.97. The van der Waals surface area contributed by atoms with Gasteiger partial charge in [-0.1, -0.05) is 37.6 Å². The molecule has 1 saturated heterocycles. The van der Waals surface area contributed by atoms with E-state index in [0.29, 0.717) is 19.7 Å². The van der Waals surface area contributed by atoms with Crippen molar-refractivity contribution in [3.63, 3.8) is 0 Å². The third kappa shape index (κ3) is 4.33. The lowest BCUT2D eigenvalue weighted by Crippen LogP contribution is -2.47. The molecule has 0 bridgehead atoms. The van der Waals surface area contributed by atoms with Crippen molar-refractivity contribution >= 4 is 5.91 Å². The number of amides is 1. The maximum atomic E-state index is 11.9. The SMILES string of the molecule is CCCc1ccc(CNC(=O)C2CNCCO2)cc1. The second-order valence-electron chi connectivity index (χ2n) is 4.85. The van der Waals surface area contributed by atoms with Crippen LogP contribution in [0, 0.1) is 0 Å². The predicted octanol–water partition coefficient (Wildman–Crippen LogP) is 1.24. The maximum absolute atomic E-state index is 11.9. The Hall–Kier alpha value is -1.39. The normalized spacial score (nSPS) is 19.1. The Kier molecular flexibility index (Phi) is 5.36. The summed E-state index contributed by atoms with van der Waals surface area (Å²) in [5, 5.41) is 6.07. The van der Waals surface area contributed by atoms with Crippen molar-refractivity contribution in [2.24, 2.45) is 0 Å². The Bertz CT molecular complexity index is 397. The highest BCUT2D eigenvalue weighted by Gasteiger charge is 2.20. The summed E-state index contributed by atoms with van der Waals surface area (Å²) in [7, 11) is 0. The van der Waals surface area contributed by atoms with E-state index >= 15 is 0 Å². The standard InChI is InChI=1S/C15H22N2O2/c1-2-3-12-4-6-13(7-5-12)10-17-15(18)14-11-16-8-9-19-14/h4-7,14,16H,2-3,8-11H2,1H3,(H,17,18). The predicted molar refractivity (Wildman–Crippen MR) is 74.9 cm³/mol. The van der Waals surface area contributed by atoms with E-state index in [2.05, 4.69) is 41.8 Å². The number of carbonyl (C=O) groups excluding carboxylic acids is 1. The minimum absolute atomic E-state index is 0.0372. The largest absolute Gasteiger partial charge is 0.366 e. The van der Waals surface area contributed by atoms with Crippen LogP contribution in [0.25, 0.3) is 0 Å². The number of aryl methyl sites for hydroxylation is 1. The van der Waals surface area contributed by atoms with Gasteiger partial charge in [0.1, 0.15) is 6.10 Å². The van der Waals surface area contributed by atoms with Gasteiger partial charge < -0.3 is 15.4 Å². The van der Waals surface area contributed by atoms with Crippen molar-refractivity contribution in [2.45, 2.75) is 32.4 Å². The molecule has 1 atom stereocenters. The number of benzene rings is 1. The molecule has 1 aliphatic heterocycles. The van der Waals surface area contributed by atoms with Gasteiger partial charge >= 0.3 is 0 Å². The van der Waals surface area contributed by atoms with E-state index in [1.807, 2.05) is 0 Å². The molecule has 1 unspecified atom stereocenters. The van der Waals surface area contributed by atoms with Crippen molar-refractivity contribution in [3.05, 3.63) is 35.4 Å². The van der Waals surface area contributed by atoms with Gasteiger partial charge in [-0.15, -0.1) is 0 Å². The van der Waals surface area contributed by atoms with Crippen LogP contribution in [0.5, 0.6) is 0 Å². The number of nitrogens with one attached hydrogen (secondary N) is 2. The Morgan fingerprint density at radius 3 is 2.74 bits per heavy atom. The molecule has 0 radical (unpaired) electrons. The molecule has 1 aromatic rings. The summed E-state index contributed by atoms with van der Waals surface area (Å²) in [6, 6.07) is 8.41. The van der Waals surface area contributed by atoms with E-state index in [1.54, 1.807) is 0 Å². The van der Waals surface area contributed by atoms with Crippen LogP contribution in [-0.4, -0.2) is 31.7 Å². The summed E-state index contributed by atoms with van der Waals surface area (Å²) < 4.78 is 5.40. The lowest BCUT2D eigenvalue weighted by atomic mass is 10.1. The molecule has 4 heteroatoms. The third-order valence-corrected chi connectivity index (χ3v) is 3.25. The monoisotopic (exact) mass is 262 g/mol. The quantitative estimate of drug-likeness (QED) is 0.839. The summed E-state index contributed by atoms with van der Waals surface area (Å²) in [5.74, 6) is -0.0372. The number of morpholine rings is 1. The van der Waals surface area contributed by atoms with Crippen LogP contribution in [-0.2, 0) is 22.5 Å². The molecule has 2 N–H and O–H groups in total. The molecule has 0 saturated carbocycles. The smallest absolute Gasteiger partial charge is 0.250 e. The number of carbonyl (C=O) groups is 1. The van der Waals surface area contributed by atoms with Crippen LogP contribution in [0.15, 0.2) is 24.3 Å². The zero-order valence-corrected chi connectivity index (χ0v) is 11.4. The van der Waals surface area contributed by atoms with E-state index in [0.717, 1.165) is 24.9 Å². The van der Waals surface area contributed by atoms with Gasteiger partial charge in [0.05, 0.1) is 6.61 Å². The fraction of sp³-hybridized carbons (Fsp3) is 0.533. The molecule has 19 heavy (non-hydrogen) atoms. The van der Waals surface area contributed by atoms with Gasteiger partial charge in [0.15, 0.2) is 0 Å². The van der Waals surface area contributed by atoms with Crippen molar-refractivity contribution in [1.29, 1.82) is 0 Å². The minimum Gasteiger partial charge on any atom is -0.366 e. The summed E-state index contributed by atoms with van der Waals surface area (Å²) in [6.45, 7) is 4.76. The Balaban J connectivity index is 1.79. The van der Waals surface area contributed by atoms with Gasteiger partial charge in [-0.3, -0.25) is 4.79 Å². The Labute approximate surface area is 114 Å². The Morgan fingerprint density at radius 2 is 2.11 bits per heavy atom. The first-order valence-electron chi connectivity index (χ1n) is 6.97. The molecule has 0 spiro atoms. The lowest BCUT2D eigenvalue weighted by molar-refractivity contribution is -0.134. The van der Waals surface area contributed by atoms with Crippen LogP contribution in [0.2, 0.25) is 0 Å². The van der Waals surface area contributed by atoms with Gasteiger partial charge in [-0.05, 0) is 17.5 Å². The van der Waals surface area contributed by atoms with E-state index in [1.165, 1.54) is 5.56 Å². The number of ether oxygens (including phenoxy) is 1. The van der Waals surface area contributed by atoms with Gasteiger partial charge in [-0.25, -0.2) is 0 Å². The third-order valence-electron chi connectivity index (χ3n) is 3.25. The second kappa shape index (κ2) is 7.26. The van der Waals surface area contributed by atoms with E-state index in [9.17, 15) is 4.79 Å². The number of hydrogen-bond acceptors (Lipinski definition) is 3. The van der Waals surface area contributed by atoms with Crippen LogP contribution in [0.1, 0.15) is 24.5 Å². The average Bonchev–Trinajstić information content (AvgIpc) is 2.47. The Morgan fingerprint density at radius 1 is 1.37 bits per heavy atom. The first-order chi connectivity index (χ1) is 9.29. The molecule has 1 amide bonds. The molecular formula is C15H22N2O2. The van der Waals surface area contributed by atoms with Crippen molar-refractivity contribution in [3.8, 4) is 0 Å². The zero-order chi connectivity index (χ0) is 13.5. The summed E-state index contributed by atoms with van der Waals surface area (Å²) in [6.07, 6.45) is 1.91. The van der Waals surface area contributed by atoms with Gasteiger partial charge in [0, 0.05) is 19.6 Å². The van der Waals surface area contributed by atoms with Crippen molar-refractivity contribution in [2.75, 3.05) is 19.7 Å². The minimum atomic E-state index is -0.354. The molecule has 1 heterocycles. The zero-order valence-electron chi connectivity index (χ0n) is 11.4. The number of hydrogen-bond donors (Lipinski definition) is 2. The molecule has 0 aromatic heterocycles. The summed E-state index contributed by atoms with van der Waals surface area (Å²) in [5.41, 5.74) is 2.47. The molecule has 104 valence electrons. The first kappa shape index (κ1) is 14.0. The molecule has 1 aromatic carbocycles. The van der Waals surface area contributed by atoms with Gasteiger partial charge in [0.2, 0.25) is 0 Å². The van der Waals surface area contributed by atoms with Crippen LogP contribution in [0.3, 0.4) is 0 Å². The van der Waals surface area contributed by atoms with Crippen LogP contribution >= 0.6 is 0 Å². The van der Waals surface area contributed by atoms with E-state index < -0.39 is 0 Å². The topological polar surface area (TPSA) is 50.4 Å². The van der Waals surface area contributed by atoms with Gasteiger partial charge in [-0.2, -0.15) is 0 Å². The summed E-state index contributed by atoms with van der Waals surface area (Å²) in [4.78, 5) is 11.9. The van der Waals surface area contributed by atoms with Crippen LogP contribution < -0.4 is 10.6 Å². The fourth-order valence-corrected chi connectivity index (χ4v) is 2.15. The van der Waals surface area contributed by atoms with Crippen LogP contribution in [0.4, 0.5) is 0 Å². The molecule has 1 fully saturated rings. The highest BCUT2D eigenvalue weighted by Crippen LogP contribution is 2.06. The molecular weight excluding hydrogens is 240 g/mol. The summed E-state index contributed by atoms with van der Waals surface area (Å²) >= 11 is 0. The molecule has 1 aliphatic rings. The fourth-order valence-electron chi connectivity index (χ4n) is 2.15.